The summed E-state index contributed by atoms with van der Waals surface area (Å²) in [7, 11) is 0. The third-order valence-electron chi connectivity index (χ3n) is 3.40. The van der Waals surface area contributed by atoms with Gasteiger partial charge in [-0.15, -0.1) is 11.3 Å². The second kappa shape index (κ2) is 5.19. The van der Waals surface area contributed by atoms with Crippen molar-refractivity contribution in [2.24, 2.45) is 0 Å². The summed E-state index contributed by atoms with van der Waals surface area (Å²) >= 11 is 7.59. The topological polar surface area (TPSA) is 43.1 Å². The maximum absolute atomic E-state index is 6.01. The van der Waals surface area contributed by atoms with Crippen LogP contribution < -0.4 is 0 Å². The molecule has 0 atom stereocenters. The van der Waals surface area contributed by atoms with Gasteiger partial charge in [-0.3, -0.25) is 0 Å². The molecule has 0 saturated carbocycles. The van der Waals surface area contributed by atoms with Crippen molar-refractivity contribution in [1.82, 2.24) is 19.6 Å². The van der Waals surface area contributed by atoms with Gasteiger partial charge in [-0.25, -0.2) is 14.5 Å². The molecule has 0 saturated heterocycles. The Labute approximate surface area is 136 Å². The monoisotopic (exact) mass is 326 g/mol. The third kappa shape index (κ3) is 2.19. The van der Waals surface area contributed by atoms with Crippen LogP contribution in [0.25, 0.3) is 27.6 Å². The minimum absolute atomic E-state index is 0.436. The van der Waals surface area contributed by atoms with Gasteiger partial charge in [0.25, 0.3) is 0 Å². The second-order valence-corrected chi connectivity index (χ2v) is 6.12. The van der Waals surface area contributed by atoms with Crippen molar-refractivity contribution in [3.63, 3.8) is 0 Å². The summed E-state index contributed by atoms with van der Waals surface area (Å²) in [5.74, 6) is 0. The van der Waals surface area contributed by atoms with Gasteiger partial charge in [0.05, 0.1) is 11.4 Å². The van der Waals surface area contributed by atoms with Crippen LogP contribution in [0.1, 0.15) is 5.69 Å². The Kier molecular flexibility index (Phi) is 3.17. The Morgan fingerprint density at radius 1 is 1.05 bits per heavy atom. The predicted molar refractivity (Wildman–Crippen MR) is 89.3 cm³/mol. The van der Waals surface area contributed by atoms with Crippen molar-refractivity contribution in [3.05, 3.63) is 58.7 Å². The molecule has 0 fully saturated rings. The number of halogens is 1. The van der Waals surface area contributed by atoms with Crippen molar-refractivity contribution in [3.8, 4) is 22.0 Å². The van der Waals surface area contributed by atoms with E-state index in [1.165, 1.54) is 0 Å². The Balaban J connectivity index is 1.88. The molecule has 0 radical (unpaired) electrons. The van der Waals surface area contributed by atoms with Crippen LogP contribution in [0, 0.1) is 6.92 Å². The van der Waals surface area contributed by atoms with E-state index in [1.54, 1.807) is 21.9 Å². The quantitative estimate of drug-likeness (QED) is 0.545. The minimum Gasteiger partial charge on any atom is -0.234 e. The highest BCUT2D eigenvalue weighted by Crippen LogP contribution is 2.31. The zero-order chi connectivity index (χ0) is 15.1. The predicted octanol–water partition coefficient (Wildman–Crippen LogP) is 4.48. The first-order chi connectivity index (χ1) is 10.7. The third-order valence-corrected chi connectivity index (χ3v) is 4.45. The maximum atomic E-state index is 6.01. The number of thiazole rings is 1. The van der Waals surface area contributed by atoms with Gasteiger partial charge in [-0.2, -0.15) is 5.10 Å². The lowest BCUT2D eigenvalue weighted by Gasteiger charge is -1.99. The maximum Gasteiger partial charge on any atom is 0.154 e. The van der Waals surface area contributed by atoms with Gasteiger partial charge in [-0.1, -0.05) is 41.9 Å². The van der Waals surface area contributed by atoms with Crippen LogP contribution in [-0.4, -0.2) is 19.6 Å². The molecule has 0 aliphatic carbocycles. The average molecular weight is 327 g/mol. The summed E-state index contributed by atoms with van der Waals surface area (Å²) < 4.78 is 1.76. The first-order valence-electron chi connectivity index (χ1n) is 6.75. The van der Waals surface area contributed by atoms with E-state index in [9.17, 15) is 0 Å². The Morgan fingerprint density at radius 3 is 2.68 bits per heavy atom. The summed E-state index contributed by atoms with van der Waals surface area (Å²) in [5, 5.41) is 7.71. The number of nitrogens with zero attached hydrogens (tertiary/aromatic N) is 4. The highest BCUT2D eigenvalue weighted by atomic mass is 35.5. The minimum atomic E-state index is 0.436. The zero-order valence-corrected chi connectivity index (χ0v) is 13.3. The Hall–Kier alpha value is -2.24. The molecular formula is C16H11ClN4S. The van der Waals surface area contributed by atoms with Crippen LogP contribution >= 0.6 is 22.9 Å². The van der Waals surface area contributed by atoms with Crippen LogP contribution in [0.3, 0.4) is 0 Å². The molecule has 108 valence electrons. The van der Waals surface area contributed by atoms with Gasteiger partial charge in [0.2, 0.25) is 0 Å². The number of imidazole rings is 1. The number of rotatable bonds is 2. The molecule has 0 amide bonds. The van der Waals surface area contributed by atoms with E-state index < -0.39 is 0 Å². The Morgan fingerprint density at radius 2 is 1.86 bits per heavy atom. The van der Waals surface area contributed by atoms with Gasteiger partial charge in [0.1, 0.15) is 15.9 Å². The molecule has 0 aliphatic heterocycles. The summed E-state index contributed by atoms with van der Waals surface area (Å²) in [6.45, 7) is 1.96. The lowest BCUT2D eigenvalue weighted by Crippen LogP contribution is -1.94. The van der Waals surface area contributed by atoms with E-state index in [0.29, 0.717) is 5.15 Å². The molecule has 4 rings (SSSR count). The fourth-order valence-electron chi connectivity index (χ4n) is 2.39. The molecule has 0 N–H and O–H groups in total. The van der Waals surface area contributed by atoms with Crippen molar-refractivity contribution in [2.45, 2.75) is 6.92 Å². The molecule has 3 heterocycles. The molecule has 0 spiro atoms. The summed E-state index contributed by atoms with van der Waals surface area (Å²) in [6.07, 6.45) is 0. The fourth-order valence-corrected chi connectivity index (χ4v) is 3.44. The van der Waals surface area contributed by atoms with Crippen molar-refractivity contribution in [2.75, 3.05) is 0 Å². The molecule has 1 aromatic carbocycles. The highest BCUT2D eigenvalue weighted by Gasteiger charge is 2.16. The normalized spacial score (nSPS) is 11.2. The number of hydrogen-bond acceptors (Lipinski definition) is 4. The van der Waals surface area contributed by atoms with Crippen molar-refractivity contribution in [1.29, 1.82) is 0 Å². The molecular weight excluding hydrogens is 316 g/mol. The van der Waals surface area contributed by atoms with Crippen LogP contribution in [0.2, 0.25) is 5.15 Å². The zero-order valence-electron chi connectivity index (χ0n) is 11.7. The molecule has 6 heteroatoms. The van der Waals surface area contributed by atoms with E-state index in [4.69, 9.17) is 16.6 Å². The fraction of sp³-hybridized carbons (Fsp3) is 0.0625. The molecule has 0 aliphatic rings. The molecule has 4 nitrogen and oxygen atoms in total. The number of aryl methyl sites for hydroxylation is 1. The standard InChI is InChI=1S/C16H11ClN4S/c1-10-15(21-14(18-10)8-7-13(17)20-21)16-19-12(9-22-16)11-5-3-2-4-6-11/h2-9H,1H3. The van der Waals surface area contributed by atoms with E-state index >= 15 is 0 Å². The van der Waals surface area contributed by atoms with Gasteiger partial charge in [0, 0.05) is 10.9 Å². The molecule has 0 unspecified atom stereocenters. The van der Waals surface area contributed by atoms with E-state index in [-0.39, 0.29) is 0 Å². The number of aromatic nitrogens is 4. The second-order valence-electron chi connectivity index (χ2n) is 4.88. The molecule has 4 aromatic rings. The SMILES string of the molecule is Cc1nc2ccc(Cl)nn2c1-c1nc(-c2ccccc2)cs1. The number of fused-ring (bicyclic) bond motifs is 1. The van der Waals surface area contributed by atoms with E-state index in [1.807, 2.05) is 36.6 Å². The number of hydrogen-bond donors (Lipinski definition) is 0. The first kappa shape index (κ1) is 13.4. The van der Waals surface area contributed by atoms with Gasteiger partial charge < -0.3 is 0 Å². The smallest absolute Gasteiger partial charge is 0.154 e. The van der Waals surface area contributed by atoms with Crippen LogP contribution in [0.5, 0.6) is 0 Å². The largest absolute Gasteiger partial charge is 0.234 e. The highest BCUT2D eigenvalue weighted by molar-refractivity contribution is 7.13. The lowest BCUT2D eigenvalue weighted by atomic mass is 10.2. The number of benzene rings is 1. The summed E-state index contributed by atoms with van der Waals surface area (Å²) in [6, 6.07) is 13.7. The van der Waals surface area contributed by atoms with Crippen LogP contribution in [0.15, 0.2) is 47.8 Å². The van der Waals surface area contributed by atoms with Crippen molar-refractivity contribution < 1.29 is 0 Å². The van der Waals surface area contributed by atoms with Gasteiger partial charge >= 0.3 is 0 Å². The Bertz CT molecular complexity index is 959. The van der Waals surface area contributed by atoms with E-state index in [2.05, 4.69) is 22.2 Å². The molecule has 0 bridgehead atoms. The van der Waals surface area contributed by atoms with Gasteiger partial charge in [-0.05, 0) is 19.1 Å². The summed E-state index contributed by atoms with van der Waals surface area (Å²) in [5.41, 5.74) is 4.61. The van der Waals surface area contributed by atoms with Crippen LogP contribution in [0.4, 0.5) is 0 Å². The first-order valence-corrected chi connectivity index (χ1v) is 8.01. The molecule has 3 aromatic heterocycles. The van der Waals surface area contributed by atoms with Crippen LogP contribution in [-0.2, 0) is 0 Å². The average Bonchev–Trinajstić information content (AvgIpc) is 3.11. The molecule has 22 heavy (non-hydrogen) atoms. The van der Waals surface area contributed by atoms with E-state index in [0.717, 1.165) is 33.3 Å². The van der Waals surface area contributed by atoms with Crippen molar-refractivity contribution >= 4 is 28.6 Å². The summed E-state index contributed by atoms with van der Waals surface area (Å²) in [4.78, 5) is 9.26. The lowest BCUT2D eigenvalue weighted by molar-refractivity contribution is 0.941. The van der Waals surface area contributed by atoms with Gasteiger partial charge in [0.15, 0.2) is 5.65 Å².